The van der Waals surface area contributed by atoms with Gasteiger partial charge in [-0.3, -0.25) is 4.68 Å². The van der Waals surface area contributed by atoms with Gasteiger partial charge in [0.25, 0.3) is 0 Å². The summed E-state index contributed by atoms with van der Waals surface area (Å²) in [6.45, 7) is 0.833. The second kappa shape index (κ2) is 4.80. The number of hydrogen-bond acceptors (Lipinski definition) is 2. The molecule has 16 heavy (non-hydrogen) atoms. The van der Waals surface area contributed by atoms with Crippen molar-refractivity contribution in [2.24, 2.45) is 7.05 Å². The molecule has 0 aliphatic carbocycles. The molecule has 0 atom stereocenters. The van der Waals surface area contributed by atoms with Crippen molar-refractivity contribution in [3.8, 4) is 11.3 Å². The fourth-order valence-corrected chi connectivity index (χ4v) is 1.88. The molecule has 0 fully saturated rings. The maximum atomic E-state index is 4.49. The Morgan fingerprint density at radius 2 is 2.00 bits per heavy atom. The fraction of sp³-hybridized carbons (Fsp3) is 0.250. The van der Waals surface area contributed by atoms with E-state index in [1.165, 1.54) is 5.69 Å². The summed E-state index contributed by atoms with van der Waals surface area (Å²) < 4.78 is 3.00. The number of rotatable bonds is 3. The lowest BCUT2D eigenvalue weighted by Gasteiger charge is -1.97. The first-order chi connectivity index (χ1) is 7.70. The first kappa shape index (κ1) is 11.4. The summed E-state index contributed by atoms with van der Waals surface area (Å²) in [6, 6.07) is 10.3. The van der Waals surface area contributed by atoms with Crippen molar-refractivity contribution in [3.63, 3.8) is 0 Å². The minimum atomic E-state index is 0.833. The van der Waals surface area contributed by atoms with Crippen LogP contribution in [0.3, 0.4) is 0 Å². The first-order valence-electron chi connectivity index (χ1n) is 5.14. The predicted molar refractivity (Wildman–Crippen MR) is 69.1 cm³/mol. The number of hydrogen-bond donors (Lipinski definition) is 1. The van der Waals surface area contributed by atoms with E-state index in [1.807, 2.05) is 30.9 Å². The smallest absolute Gasteiger partial charge is 0.0926 e. The van der Waals surface area contributed by atoms with E-state index in [0.717, 1.165) is 22.3 Å². The number of benzene rings is 1. The highest BCUT2D eigenvalue weighted by Crippen LogP contribution is 2.21. The number of aromatic nitrogens is 2. The summed E-state index contributed by atoms with van der Waals surface area (Å²) in [4.78, 5) is 0. The van der Waals surface area contributed by atoms with Crippen molar-refractivity contribution >= 4 is 15.9 Å². The Morgan fingerprint density at radius 3 is 2.62 bits per heavy atom. The van der Waals surface area contributed by atoms with E-state index in [-0.39, 0.29) is 0 Å². The summed E-state index contributed by atoms with van der Waals surface area (Å²) in [6.07, 6.45) is 0. The van der Waals surface area contributed by atoms with Gasteiger partial charge in [-0.15, -0.1) is 0 Å². The van der Waals surface area contributed by atoms with Crippen molar-refractivity contribution in [2.45, 2.75) is 6.54 Å². The van der Waals surface area contributed by atoms with Crippen LogP contribution in [0.4, 0.5) is 0 Å². The van der Waals surface area contributed by atoms with Gasteiger partial charge in [-0.05, 0) is 25.2 Å². The molecular weight excluding hydrogens is 266 g/mol. The van der Waals surface area contributed by atoms with Crippen molar-refractivity contribution in [3.05, 3.63) is 40.5 Å². The van der Waals surface area contributed by atoms with Gasteiger partial charge in [0, 0.05) is 23.6 Å². The van der Waals surface area contributed by atoms with E-state index < -0.39 is 0 Å². The molecule has 4 heteroatoms. The molecular formula is C12H14BrN3. The van der Waals surface area contributed by atoms with E-state index in [2.05, 4.69) is 44.5 Å². The summed E-state index contributed by atoms with van der Waals surface area (Å²) in [7, 11) is 3.90. The lowest BCUT2D eigenvalue weighted by molar-refractivity contribution is 0.673. The first-order valence-corrected chi connectivity index (χ1v) is 5.93. The zero-order valence-electron chi connectivity index (χ0n) is 9.37. The summed E-state index contributed by atoms with van der Waals surface area (Å²) >= 11 is 3.43. The Labute approximate surface area is 104 Å². The summed E-state index contributed by atoms with van der Waals surface area (Å²) in [5, 5.41) is 7.62. The minimum absolute atomic E-state index is 0.833. The molecule has 0 saturated heterocycles. The standard InChI is InChI=1S/C12H14BrN3/c1-14-8-11-7-12(15-16(11)2)9-3-5-10(13)6-4-9/h3-7,14H,8H2,1-2H3. The van der Waals surface area contributed by atoms with Gasteiger partial charge >= 0.3 is 0 Å². The molecule has 0 saturated carbocycles. The normalized spacial score (nSPS) is 10.7. The number of nitrogens with one attached hydrogen (secondary N) is 1. The van der Waals surface area contributed by atoms with Gasteiger partial charge in [-0.1, -0.05) is 28.1 Å². The van der Waals surface area contributed by atoms with Crippen LogP contribution in [-0.4, -0.2) is 16.8 Å². The number of aryl methyl sites for hydroxylation is 1. The third-order valence-electron chi connectivity index (χ3n) is 2.47. The molecule has 1 aromatic carbocycles. The van der Waals surface area contributed by atoms with Gasteiger partial charge < -0.3 is 5.32 Å². The molecule has 0 radical (unpaired) electrons. The van der Waals surface area contributed by atoms with Gasteiger partial charge in [0.1, 0.15) is 0 Å². The molecule has 0 bridgehead atoms. The highest BCUT2D eigenvalue weighted by molar-refractivity contribution is 9.10. The molecule has 0 aliphatic heterocycles. The molecule has 84 valence electrons. The van der Waals surface area contributed by atoms with Crippen LogP contribution in [-0.2, 0) is 13.6 Å². The van der Waals surface area contributed by atoms with Crippen LogP contribution >= 0.6 is 15.9 Å². The summed E-state index contributed by atoms with van der Waals surface area (Å²) in [5.41, 5.74) is 3.34. The molecule has 0 amide bonds. The predicted octanol–water partition coefficient (Wildman–Crippen LogP) is 2.57. The Balaban J connectivity index is 2.33. The molecule has 0 unspecified atom stereocenters. The second-order valence-corrected chi connectivity index (χ2v) is 4.60. The average Bonchev–Trinajstić information content (AvgIpc) is 2.62. The van der Waals surface area contributed by atoms with E-state index in [1.54, 1.807) is 0 Å². The number of nitrogens with zero attached hydrogens (tertiary/aromatic N) is 2. The molecule has 2 rings (SSSR count). The lowest BCUT2D eigenvalue weighted by Crippen LogP contribution is -2.09. The highest BCUT2D eigenvalue weighted by Gasteiger charge is 2.06. The van der Waals surface area contributed by atoms with Crippen LogP contribution in [0.25, 0.3) is 11.3 Å². The number of halogens is 1. The average molecular weight is 280 g/mol. The van der Waals surface area contributed by atoms with Gasteiger partial charge in [0.05, 0.1) is 11.4 Å². The molecule has 1 aromatic heterocycles. The van der Waals surface area contributed by atoms with Crippen molar-refractivity contribution in [1.82, 2.24) is 15.1 Å². The van der Waals surface area contributed by atoms with Crippen LogP contribution in [0.2, 0.25) is 0 Å². The van der Waals surface area contributed by atoms with Crippen LogP contribution in [0, 0.1) is 0 Å². The Hall–Kier alpha value is -1.13. The van der Waals surface area contributed by atoms with E-state index in [9.17, 15) is 0 Å². The molecule has 2 aromatic rings. The Kier molecular flexibility index (Phi) is 3.41. The minimum Gasteiger partial charge on any atom is -0.314 e. The van der Waals surface area contributed by atoms with Gasteiger partial charge in [0.2, 0.25) is 0 Å². The third-order valence-corrected chi connectivity index (χ3v) is 3.00. The molecule has 0 spiro atoms. The Morgan fingerprint density at radius 1 is 1.31 bits per heavy atom. The van der Waals surface area contributed by atoms with Crippen LogP contribution in [0.15, 0.2) is 34.8 Å². The van der Waals surface area contributed by atoms with Gasteiger partial charge in [-0.2, -0.15) is 5.10 Å². The maximum Gasteiger partial charge on any atom is 0.0926 e. The van der Waals surface area contributed by atoms with E-state index >= 15 is 0 Å². The van der Waals surface area contributed by atoms with Crippen molar-refractivity contribution in [2.75, 3.05) is 7.05 Å². The van der Waals surface area contributed by atoms with Crippen molar-refractivity contribution < 1.29 is 0 Å². The van der Waals surface area contributed by atoms with Gasteiger partial charge in [0.15, 0.2) is 0 Å². The second-order valence-electron chi connectivity index (χ2n) is 3.68. The van der Waals surface area contributed by atoms with E-state index in [4.69, 9.17) is 0 Å². The quantitative estimate of drug-likeness (QED) is 0.936. The zero-order valence-corrected chi connectivity index (χ0v) is 11.0. The SMILES string of the molecule is CNCc1cc(-c2ccc(Br)cc2)nn1C. The summed E-state index contributed by atoms with van der Waals surface area (Å²) in [5.74, 6) is 0. The molecule has 3 nitrogen and oxygen atoms in total. The largest absolute Gasteiger partial charge is 0.314 e. The lowest BCUT2D eigenvalue weighted by atomic mass is 10.1. The molecule has 1 heterocycles. The Bertz CT molecular complexity index is 474. The third kappa shape index (κ3) is 2.33. The van der Waals surface area contributed by atoms with Gasteiger partial charge in [-0.25, -0.2) is 0 Å². The molecule has 0 aliphatic rings. The maximum absolute atomic E-state index is 4.49. The van der Waals surface area contributed by atoms with Crippen LogP contribution < -0.4 is 5.32 Å². The highest BCUT2D eigenvalue weighted by atomic mass is 79.9. The fourth-order valence-electron chi connectivity index (χ4n) is 1.61. The van der Waals surface area contributed by atoms with E-state index in [0.29, 0.717) is 0 Å². The zero-order chi connectivity index (χ0) is 11.5. The monoisotopic (exact) mass is 279 g/mol. The molecule has 1 N–H and O–H groups in total. The van der Waals surface area contributed by atoms with Crippen molar-refractivity contribution in [1.29, 1.82) is 0 Å². The topological polar surface area (TPSA) is 29.9 Å². The van der Waals surface area contributed by atoms with Crippen LogP contribution in [0.5, 0.6) is 0 Å². The van der Waals surface area contributed by atoms with Crippen LogP contribution in [0.1, 0.15) is 5.69 Å².